The van der Waals surface area contributed by atoms with Crippen LogP contribution in [0.5, 0.6) is 0 Å². The summed E-state index contributed by atoms with van der Waals surface area (Å²) in [5, 5.41) is 3.62. The Hall–Kier alpha value is -0.960. The van der Waals surface area contributed by atoms with Crippen molar-refractivity contribution < 1.29 is 0 Å². The zero-order valence-corrected chi connectivity index (χ0v) is 10.7. The first-order valence-corrected chi connectivity index (χ1v) is 6.90. The van der Waals surface area contributed by atoms with Gasteiger partial charge in [0.2, 0.25) is 0 Å². The fourth-order valence-electron chi connectivity index (χ4n) is 2.89. The highest BCUT2D eigenvalue weighted by Crippen LogP contribution is 2.32. The minimum atomic E-state index is 0.444. The Morgan fingerprint density at radius 1 is 1.18 bits per heavy atom. The smallest absolute Gasteiger partial charge is 0.115 e. The van der Waals surface area contributed by atoms with Gasteiger partial charge in [0, 0.05) is 24.0 Å². The van der Waals surface area contributed by atoms with Crippen LogP contribution in [0.4, 0.5) is 0 Å². The Balaban J connectivity index is 2.10. The largest absolute Gasteiger partial charge is 0.310 e. The van der Waals surface area contributed by atoms with Crippen molar-refractivity contribution in [2.45, 2.75) is 51.5 Å². The molecule has 2 rings (SSSR count). The Kier molecular flexibility index (Phi) is 4.92. The zero-order chi connectivity index (χ0) is 11.9. The molecule has 0 saturated heterocycles. The molecule has 0 aliphatic heterocycles. The third-order valence-corrected chi connectivity index (χ3v) is 3.73. The molecule has 1 unspecified atom stereocenters. The normalized spacial score (nSPS) is 19.8. The highest BCUT2D eigenvalue weighted by Gasteiger charge is 2.23. The Labute approximate surface area is 104 Å². The molecular weight excluding hydrogens is 210 g/mol. The lowest BCUT2D eigenvalue weighted by molar-refractivity contribution is 0.329. The van der Waals surface area contributed by atoms with Crippen LogP contribution >= 0.6 is 0 Å². The van der Waals surface area contributed by atoms with Crippen LogP contribution in [-0.4, -0.2) is 16.5 Å². The predicted octanol–water partition coefficient (Wildman–Crippen LogP) is 3.10. The third-order valence-electron chi connectivity index (χ3n) is 3.73. The molecular formula is C14H23N3. The van der Waals surface area contributed by atoms with E-state index < -0.39 is 0 Å². The second-order valence-electron chi connectivity index (χ2n) is 4.96. The van der Waals surface area contributed by atoms with Crippen molar-refractivity contribution in [3.63, 3.8) is 0 Å². The molecule has 1 fully saturated rings. The van der Waals surface area contributed by atoms with E-state index in [1.807, 2.05) is 12.4 Å². The van der Waals surface area contributed by atoms with Crippen LogP contribution in [0.1, 0.15) is 57.1 Å². The average molecular weight is 233 g/mol. The monoisotopic (exact) mass is 233 g/mol. The topological polar surface area (TPSA) is 37.8 Å². The maximum Gasteiger partial charge on any atom is 0.115 e. The van der Waals surface area contributed by atoms with Gasteiger partial charge in [0.15, 0.2) is 0 Å². The molecule has 1 aliphatic carbocycles. The first-order chi connectivity index (χ1) is 8.42. The van der Waals surface area contributed by atoms with Crippen molar-refractivity contribution in [2.75, 3.05) is 6.54 Å². The summed E-state index contributed by atoms with van der Waals surface area (Å²) >= 11 is 0. The van der Waals surface area contributed by atoms with Crippen LogP contribution in [0.2, 0.25) is 0 Å². The summed E-state index contributed by atoms with van der Waals surface area (Å²) in [6.07, 6.45) is 13.8. The Morgan fingerprint density at radius 2 is 1.82 bits per heavy atom. The lowest BCUT2D eigenvalue weighted by Gasteiger charge is -2.26. The van der Waals surface area contributed by atoms with Crippen molar-refractivity contribution in [1.82, 2.24) is 15.3 Å². The van der Waals surface area contributed by atoms with Crippen LogP contribution in [0.15, 0.2) is 18.7 Å². The minimum Gasteiger partial charge on any atom is -0.310 e. The SMILES string of the molecule is CCNC(c1cncnc1)C1CCCCCC1. The van der Waals surface area contributed by atoms with E-state index in [1.54, 1.807) is 6.33 Å². The molecule has 1 heterocycles. The number of hydrogen-bond donors (Lipinski definition) is 1. The Morgan fingerprint density at radius 3 is 2.41 bits per heavy atom. The van der Waals surface area contributed by atoms with Gasteiger partial charge in [-0.05, 0) is 25.3 Å². The van der Waals surface area contributed by atoms with Gasteiger partial charge in [-0.3, -0.25) is 0 Å². The molecule has 1 atom stereocenters. The highest BCUT2D eigenvalue weighted by molar-refractivity contribution is 5.10. The summed E-state index contributed by atoms with van der Waals surface area (Å²) in [6.45, 7) is 3.18. The van der Waals surface area contributed by atoms with Crippen LogP contribution in [0.3, 0.4) is 0 Å². The minimum absolute atomic E-state index is 0.444. The molecule has 3 heteroatoms. The number of aromatic nitrogens is 2. The standard InChI is InChI=1S/C14H23N3/c1-2-17-14(13-9-15-11-16-10-13)12-7-5-3-4-6-8-12/h9-12,14,17H,2-8H2,1H3. The van der Waals surface area contributed by atoms with Crippen LogP contribution < -0.4 is 5.32 Å². The van der Waals surface area contributed by atoms with E-state index in [1.165, 1.54) is 44.1 Å². The molecule has 1 aliphatic rings. The summed E-state index contributed by atoms with van der Waals surface area (Å²) in [5.41, 5.74) is 1.25. The quantitative estimate of drug-likeness (QED) is 0.812. The van der Waals surface area contributed by atoms with E-state index >= 15 is 0 Å². The molecule has 1 aromatic heterocycles. The van der Waals surface area contributed by atoms with Crippen molar-refractivity contribution >= 4 is 0 Å². The van der Waals surface area contributed by atoms with E-state index in [0.717, 1.165) is 12.5 Å². The molecule has 0 aromatic carbocycles. The molecule has 1 N–H and O–H groups in total. The first-order valence-electron chi connectivity index (χ1n) is 6.90. The van der Waals surface area contributed by atoms with Crippen LogP contribution in [0, 0.1) is 5.92 Å². The molecule has 1 aromatic rings. The molecule has 0 spiro atoms. The van der Waals surface area contributed by atoms with Gasteiger partial charge < -0.3 is 5.32 Å². The maximum absolute atomic E-state index is 4.15. The summed E-state index contributed by atoms with van der Waals surface area (Å²) in [6, 6.07) is 0.444. The molecule has 3 nitrogen and oxygen atoms in total. The van der Waals surface area contributed by atoms with Gasteiger partial charge in [-0.2, -0.15) is 0 Å². The van der Waals surface area contributed by atoms with E-state index in [-0.39, 0.29) is 0 Å². The van der Waals surface area contributed by atoms with Gasteiger partial charge in [0.25, 0.3) is 0 Å². The molecule has 17 heavy (non-hydrogen) atoms. The van der Waals surface area contributed by atoms with E-state index in [4.69, 9.17) is 0 Å². The second-order valence-corrected chi connectivity index (χ2v) is 4.96. The van der Waals surface area contributed by atoms with Gasteiger partial charge >= 0.3 is 0 Å². The summed E-state index contributed by atoms with van der Waals surface area (Å²) in [4.78, 5) is 8.31. The average Bonchev–Trinajstić information content (AvgIpc) is 2.66. The van der Waals surface area contributed by atoms with Crippen molar-refractivity contribution in [2.24, 2.45) is 5.92 Å². The molecule has 0 amide bonds. The van der Waals surface area contributed by atoms with Gasteiger partial charge in [-0.25, -0.2) is 9.97 Å². The molecule has 94 valence electrons. The fourth-order valence-corrected chi connectivity index (χ4v) is 2.89. The van der Waals surface area contributed by atoms with Crippen molar-refractivity contribution in [3.8, 4) is 0 Å². The first kappa shape index (κ1) is 12.5. The lowest BCUT2D eigenvalue weighted by atomic mass is 9.88. The maximum atomic E-state index is 4.15. The van der Waals surface area contributed by atoms with Gasteiger partial charge in [0.1, 0.15) is 6.33 Å². The van der Waals surface area contributed by atoms with Gasteiger partial charge in [0.05, 0.1) is 0 Å². The lowest BCUT2D eigenvalue weighted by Crippen LogP contribution is -2.28. The van der Waals surface area contributed by atoms with Gasteiger partial charge in [-0.1, -0.05) is 32.6 Å². The molecule has 1 saturated carbocycles. The summed E-state index contributed by atoms with van der Waals surface area (Å²) in [5.74, 6) is 0.753. The highest BCUT2D eigenvalue weighted by atomic mass is 14.9. The van der Waals surface area contributed by atoms with Crippen molar-refractivity contribution in [1.29, 1.82) is 0 Å². The van der Waals surface area contributed by atoms with Crippen LogP contribution in [-0.2, 0) is 0 Å². The third kappa shape index (κ3) is 3.50. The number of nitrogens with one attached hydrogen (secondary N) is 1. The summed E-state index contributed by atoms with van der Waals surface area (Å²) in [7, 11) is 0. The summed E-state index contributed by atoms with van der Waals surface area (Å²) < 4.78 is 0. The van der Waals surface area contributed by atoms with E-state index in [2.05, 4.69) is 22.2 Å². The fraction of sp³-hybridized carbons (Fsp3) is 0.714. The Bertz CT molecular complexity index is 305. The number of nitrogens with zero attached hydrogens (tertiary/aromatic N) is 2. The van der Waals surface area contributed by atoms with E-state index in [0.29, 0.717) is 6.04 Å². The van der Waals surface area contributed by atoms with E-state index in [9.17, 15) is 0 Å². The second kappa shape index (κ2) is 6.70. The molecule has 0 bridgehead atoms. The zero-order valence-electron chi connectivity index (χ0n) is 10.7. The predicted molar refractivity (Wildman–Crippen MR) is 69.6 cm³/mol. The van der Waals surface area contributed by atoms with Gasteiger partial charge in [-0.15, -0.1) is 0 Å². The molecule has 0 radical (unpaired) electrons. The number of hydrogen-bond acceptors (Lipinski definition) is 3. The van der Waals surface area contributed by atoms with Crippen molar-refractivity contribution in [3.05, 3.63) is 24.3 Å². The number of rotatable bonds is 4. The van der Waals surface area contributed by atoms with Crippen LogP contribution in [0.25, 0.3) is 0 Å².